The van der Waals surface area contributed by atoms with Gasteiger partial charge in [-0.05, 0) is 23.1 Å². The lowest BCUT2D eigenvalue weighted by atomic mass is 9.95. The van der Waals surface area contributed by atoms with Crippen LogP contribution in [0.25, 0.3) is 0 Å². The quantitative estimate of drug-likeness (QED) is 0.389. The number of rotatable bonds is 9. The van der Waals surface area contributed by atoms with E-state index in [1.807, 2.05) is 91.0 Å². The molecule has 0 heterocycles. The van der Waals surface area contributed by atoms with Crippen LogP contribution in [0.5, 0.6) is 0 Å². The molecule has 0 aromatic heterocycles. The molecule has 0 spiro atoms. The summed E-state index contributed by atoms with van der Waals surface area (Å²) in [4.78, 5) is 16.8. The van der Waals surface area contributed by atoms with E-state index in [2.05, 4.69) is 15.5 Å². The smallest absolute Gasteiger partial charge is 0.142 e. The Hall–Kier alpha value is -3.93. The van der Waals surface area contributed by atoms with Crippen LogP contribution in [0.2, 0.25) is 0 Å². The van der Waals surface area contributed by atoms with Gasteiger partial charge in [0.05, 0.1) is 5.71 Å². The average Bonchev–Trinajstić information content (AvgIpc) is 2.87. The zero-order chi connectivity index (χ0) is 22.6. The first-order valence-corrected chi connectivity index (χ1v) is 11.0. The summed E-state index contributed by atoms with van der Waals surface area (Å²) in [7, 11) is 0. The van der Waals surface area contributed by atoms with E-state index in [4.69, 9.17) is 14.5 Å². The lowest BCUT2D eigenvalue weighted by Gasteiger charge is -2.17. The molecule has 1 saturated carbocycles. The minimum atomic E-state index is 0.388. The SMILES string of the molecule is c1ccc(CO/N=C2/CC/C(=N\OCc3ccccc3)C/C2=N\OCc2ccccc2)cc1. The van der Waals surface area contributed by atoms with Crippen LogP contribution in [0.3, 0.4) is 0 Å². The Bertz CT molecular complexity index is 1080. The van der Waals surface area contributed by atoms with Crippen LogP contribution in [0.15, 0.2) is 106 Å². The molecule has 0 bridgehead atoms. The molecule has 0 aliphatic heterocycles. The maximum absolute atomic E-state index is 5.63. The van der Waals surface area contributed by atoms with Gasteiger partial charge in [-0.25, -0.2) is 0 Å². The third kappa shape index (κ3) is 7.31. The molecule has 4 rings (SSSR count). The van der Waals surface area contributed by atoms with Crippen molar-refractivity contribution in [2.24, 2.45) is 15.5 Å². The lowest BCUT2D eigenvalue weighted by molar-refractivity contribution is 0.125. The average molecular weight is 442 g/mol. The van der Waals surface area contributed by atoms with Crippen LogP contribution < -0.4 is 0 Å². The van der Waals surface area contributed by atoms with Crippen LogP contribution in [0.1, 0.15) is 36.0 Å². The largest absolute Gasteiger partial charge is 0.391 e. The molecule has 0 atom stereocenters. The summed E-state index contributed by atoms with van der Waals surface area (Å²) in [6.07, 6.45) is 1.91. The van der Waals surface area contributed by atoms with Crippen molar-refractivity contribution in [3.8, 4) is 0 Å². The zero-order valence-electron chi connectivity index (χ0n) is 18.5. The first-order valence-electron chi connectivity index (χ1n) is 11.0. The first-order chi connectivity index (χ1) is 16.4. The van der Waals surface area contributed by atoms with Gasteiger partial charge in [-0.1, -0.05) is 106 Å². The summed E-state index contributed by atoms with van der Waals surface area (Å²) in [5, 5.41) is 13.1. The molecular weight excluding hydrogens is 414 g/mol. The molecule has 0 saturated heterocycles. The van der Waals surface area contributed by atoms with Gasteiger partial charge in [-0.3, -0.25) is 0 Å². The maximum Gasteiger partial charge on any atom is 0.142 e. The number of benzene rings is 3. The van der Waals surface area contributed by atoms with Crippen molar-refractivity contribution in [3.63, 3.8) is 0 Å². The van der Waals surface area contributed by atoms with E-state index in [-0.39, 0.29) is 0 Å². The summed E-state index contributed by atoms with van der Waals surface area (Å²) in [5.41, 5.74) is 5.60. The fraction of sp³-hybridized carbons (Fsp3) is 0.222. The van der Waals surface area contributed by atoms with Crippen molar-refractivity contribution in [3.05, 3.63) is 108 Å². The van der Waals surface area contributed by atoms with E-state index in [1.165, 1.54) is 0 Å². The van der Waals surface area contributed by atoms with E-state index in [9.17, 15) is 0 Å². The molecule has 1 fully saturated rings. The van der Waals surface area contributed by atoms with E-state index in [0.29, 0.717) is 38.4 Å². The Labute approximate surface area is 194 Å². The second-order valence-electron chi connectivity index (χ2n) is 7.69. The van der Waals surface area contributed by atoms with Gasteiger partial charge in [-0.2, -0.15) is 0 Å². The van der Waals surface area contributed by atoms with Crippen molar-refractivity contribution in [2.45, 2.75) is 39.1 Å². The molecule has 0 amide bonds. The van der Waals surface area contributed by atoms with E-state index in [0.717, 1.165) is 34.5 Å². The van der Waals surface area contributed by atoms with Gasteiger partial charge in [0.1, 0.15) is 31.2 Å². The molecule has 1 aliphatic rings. The Morgan fingerprint density at radius 3 is 1.39 bits per heavy atom. The molecule has 0 radical (unpaired) electrons. The highest BCUT2D eigenvalue weighted by molar-refractivity contribution is 6.47. The fourth-order valence-electron chi connectivity index (χ4n) is 3.34. The highest BCUT2D eigenvalue weighted by Crippen LogP contribution is 2.15. The first kappa shape index (κ1) is 22.3. The summed E-state index contributed by atoms with van der Waals surface area (Å²) >= 11 is 0. The molecule has 0 N–H and O–H groups in total. The van der Waals surface area contributed by atoms with E-state index in [1.54, 1.807) is 0 Å². The van der Waals surface area contributed by atoms with Crippen LogP contribution in [0.4, 0.5) is 0 Å². The Kier molecular flexibility index (Phi) is 8.23. The van der Waals surface area contributed by atoms with Gasteiger partial charge < -0.3 is 14.5 Å². The monoisotopic (exact) mass is 441 g/mol. The lowest BCUT2D eigenvalue weighted by Crippen LogP contribution is -2.26. The van der Waals surface area contributed by atoms with Gasteiger partial charge in [-0.15, -0.1) is 0 Å². The summed E-state index contributed by atoms with van der Waals surface area (Å²) < 4.78 is 0. The van der Waals surface area contributed by atoms with Crippen molar-refractivity contribution in [1.29, 1.82) is 0 Å². The standard InChI is InChI=1S/C27H27N3O3/c1-4-10-22(11-5-1)19-31-28-25-16-17-26(29-32-20-23-12-6-2-7-13-23)27(18-25)30-33-21-24-14-8-3-9-15-24/h1-15H,16-21H2/b28-25+,29-26-,30-27+. The minimum Gasteiger partial charge on any atom is -0.391 e. The summed E-state index contributed by atoms with van der Waals surface area (Å²) in [5.74, 6) is 0. The molecule has 3 aromatic rings. The van der Waals surface area contributed by atoms with Gasteiger partial charge in [0.15, 0.2) is 0 Å². The number of oxime groups is 3. The van der Waals surface area contributed by atoms with Gasteiger partial charge >= 0.3 is 0 Å². The fourth-order valence-corrected chi connectivity index (χ4v) is 3.34. The number of nitrogens with zero attached hydrogens (tertiary/aromatic N) is 3. The van der Waals surface area contributed by atoms with Crippen LogP contribution in [-0.4, -0.2) is 17.1 Å². The van der Waals surface area contributed by atoms with Crippen molar-refractivity contribution in [2.75, 3.05) is 0 Å². The van der Waals surface area contributed by atoms with Gasteiger partial charge in [0.2, 0.25) is 0 Å². The van der Waals surface area contributed by atoms with Crippen molar-refractivity contribution >= 4 is 17.1 Å². The van der Waals surface area contributed by atoms with Crippen LogP contribution >= 0.6 is 0 Å². The van der Waals surface area contributed by atoms with Crippen LogP contribution in [0, 0.1) is 0 Å². The number of hydrogen-bond donors (Lipinski definition) is 0. The molecule has 1 aliphatic carbocycles. The predicted octanol–water partition coefficient (Wildman–Crippen LogP) is 5.89. The number of hydrogen-bond acceptors (Lipinski definition) is 6. The summed E-state index contributed by atoms with van der Waals surface area (Å²) in [6.45, 7) is 1.23. The highest BCUT2D eigenvalue weighted by atomic mass is 16.6. The van der Waals surface area contributed by atoms with Crippen LogP contribution in [-0.2, 0) is 34.3 Å². The second-order valence-corrected chi connectivity index (χ2v) is 7.69. The summed E-state index contributed by atoms with van der Waals surface area (Å²) in [6, 6.07) is 29.9. The highest BCUT2D eigenvalue weighted by Gasteiger charge is 2.22. The molecular formula is C27H27N3O3. The maximum atomic E-state index is 5.63. The molecule has 0 unspecified atom stereocenters. The topological polar surface area (TPSA) is 64.8 Å². The van der Waals surface area contributed by atoms with Gasteiger partial charge in [0, 0.05) is 12.8 Å². The van der Waals surface area contributed by atoms with Gasteiger partial charge in [0.25, 0.3) is 0 Å². The molecule has 3 aromatic carbocycles. The Morgan fingerprint density at radius 1 is 0.485 bits per heavy atom. The molecule has 168 valence electrons. The minimum absolute atomic E-state index is 0.388. The third-order valence-electron chi connectivity index (χ3n) is 5.12. The van der Waals surface area contributed by atoms with Crippen molar-refractivity contribution < 1.29 is 14.5 Å². The zero-order valence-corrected chi connectivity index (χ0v) is 18.5. The second kappa shape index (κ2) is 12.2. The van der Waals surface area contributed by atoms with E-state index < -0.39 is 0 Å². The predicted molar refractivity (Wildman–Crippen MR) is 130 cm³/mol. The molecule has 33 heavy (non-hydrogen) atoms. The molecule has 6 heteroatoms. The van der Waals surface area contributed by atoms with E-state index >= 15 is 0 Å². The molecule has 6 nitrogen and oxygen atoms in total. The van der Waals surface area contributed by atoms with Crippen molar-refractivity contribution in [1.82, 2.24) is 0 Å². The third-order valence-corrected chi connectivity index (χ3v) is 5.12. The Balaban J connectivity index is 1.39. The normalized spacial score (nSPS) is 17.3. The Morgan fingerprint density at radius 2 is 0.909 bits per heavy atom.